The highest BCUT2D eigenvalue weighted by Gasteiger charge is 2.18. The first-order valence-electron chi connectivity index (χ1n) is 8.20. The Hall–Kier alpha value is -2.14. The summed E-state index contributed by atoms with van der Waals surface area (Å²) in [6.45, 7) is 6.53. The molecule has 3 N–H and O–H groups in total. The SMILES string of the molecule is CCCCC(CN)NC(=O)c1cnn(-c2ccccc2C)c1C. The molecule has 124 valence electrons. The minimum Gasteiger partial charge on any atom is -0.348 e. The van der Waals surface area contributed by atoms with Gasteiger partial charge >= 0.3 is 0 Å². The van der Waals surface area contributed by atoms with E-state index >= 15 is 0 Å². The highest BCUT2D eigenvalue weighted by Crippen LogP contribution is 2.17. The molecule has 1 heterocycles. The topological polar surface area (TPSA) is 72.9 Å². The van der Waals surface area contributed by atoms with Gasteiger partial charge in [0.2, 0.25) is 0 Å². The molecule has 1 aromatic carbocycles. The molecule has 0 aliphatic heterocycles. The van der Waals surface area contributed by atoms with Crippen LogP contribution >= 0.6 is 0 Å². The lowest BCUT2D eigenvalue weighted by Crippen LogP contribution is -2.40. The number of hydrogen-bond donors (Lipinski definition) is 2. The lowest BCUT2D eigenvalue weighted by molar-refractivity contribution is 0.0935. The highest BCUT2D eigenvalue weighted by molar-refractivity contribution is 5.95. The van der Waals surface area contributed by atoms with Gasteiger partial charge in [0.1, 0.15) is 0 Å². The number of aryl methyl sites for hydroxylation is 1. The van der Waals surface area contributed by atoms with E-state index in [9.17, 15) is 4.79 Å². The number of hydrogen-bond acceptors (Lipinski definition) is 3. The molecular weight excluding hydrogens is 288 g/mol. The second-order valence-electron chi connectivity index (χ2n) is 5.89. The van der Waals surface area contributed by atoms with Crippen molar-refractivity contribution in [1.29, 1.82) is 0 Å². The summed E-state index contributed by atoms with van der Waals surface area (Å²) < 4.78 is 1.81. The van der Waals surface area contributed by atoms with E-state index in [1.54, 1.807) is 6.20 Å². The quantitative estimate of drug-likeness (QED) is 0.825. The standard InChI is InChI=1S/C18H26N4O/c1-4-5-9-15(11-19)21-18(23)16-12-20-22(14(16)3)17-10-7-6-8-13(17)2/h6-8,10,12,15H,4-5,9,11,19H2,1-3H3,(H,21,23). The number of nitrogens with zero attached hydrogens (tertiary/aromatic N) is 2. The molecule has 2 rings (SSSR count). The van der Waals surface area contributed by atoms with Gasteiger partial charge < -0.3 is 11.1 Å². The second-order valence-corrected chi connectivity index (χ2v) is 5.89. The summed E-state index contributed by atoms with van der Waals surface area (Å²) in [5, 5.41) is 7.41. The van der Waals surface area contributed by atoms with E-state index in [4.69, 9.17) is 5.73 Å². The lowest BCUT2D eigenvalue weighted by Gasteiger charge is -2.16. The fraction of sp³-hybridized carbons (Fsp3) is 0.444. The van der Waals surface area contributed by atoms with Gasteiger partial charge in [-0.1, -0.05) is 38.0 Å². The number of rotatable bonds is 7. The van der Waals surface area contributed by atoms with Crippen molar-refractivity contribution in [2.45, 2.75) is 46.1 Å². The highest BCUT2D eigenvalue weighted by atomic mass is 16.1. The molecule has 0 aliphatic rings. The van der Waals surface area contributed by atoms with Crippen LogP contribution in [0.4, 0.5) is 0 Å². The van der Waals surface area contributed by atoms with Crippen LogP contribution < -0.4 is 11.1 Å². The summed E-state index contributed by atoms with van der Waals surface area (Å²) in [4.78, 5) is 12.5. The van der Waals surface area contributed by atoms with Crippen molar-refractivity contribution in [2.75, 3.05) is 6.54 Å². The Morgan fingerprint density at radius 1 is 1.35 bits per heavy atom. The average Bonchev–Trinajstić information content (AvgIpc) is 2.93. The number of nitrogens with two attached hydrogens (primary N) is 1. The molecule has 1 amide bonds. The van der Waals surface area contributed by atoms with Crippen LogP contribution in [-0.2, 0) is 0 Å². The van der Waals surface area contributed by atoms with E-state index in [0.717, 1.165) is 36.2 Å². The maximum atomic E-state index is 12.5. The molecule has 0 fully saturated rings. The number of benzene rings is 1. The Labute approximate surface area is 137 Å². The van der Waals surface area contributed by atoms with E-state index in [2.05, 4.69) is 17.3 Å². The van der Waals surface area contributed by atoms with Crippen molar-refractivity contribution in [2.24, 2.45) is 5.73 Å². The normalized spacial score (nSPS) is 12.2. The number of carbonyl (C=O) groups excluding carboxylic acids is 1. The number of amides is 1. The fourth-order valence-electron chi connectivity index (χ4n) is 2.64. The predicted octanol–water partition coefficient (Wildman–Crippen LogP) is 2.74. The van der Waals surface area contributed by atoms with Gasteiger partial charge in [0.15, 0.2) is 0 Å². The largest absolute Gasteiger partial charge is 0.348 e. The molecule has 0 aliphatic carbocycles. The van der Waals surface area contributed by atoms with Crippen molar-refractivity contribution in [1.82, 2.24) is 15.1 Å². The zero-order valence-electron chi connectivity index (χ0n) is 14.2. The van der Waals surface area contributed by atoms with Crippen molar-refractivity contribution in [3.05, 3.63) is 47.3 Å². The van der Waals surface area contributed by atoms with Crippen LogP contribution in [0.1, 0.15) is 47.8 Å². The monoisotopic (exact) mass is 314 g/mol. The number of para-hydroxylation sites is 1. The zero-order valence-corrected chi connectivity index (χ0v) is 14.2. The third kappa shape index (κ3) is 3.99. The Morgan fingerprint density at radius 3 is 2.74 bits per heavy atom. The molecule has 5 heteroatoms. The summed E-state index contributed by atoms with van der Waals surface area (Å²) in [5.41, 5.74) is 9.30. The molecule has 1 unspecified atom stereocenters. The molecule has 0 saturated heterocycles. The molecule has 5 nitrogen and oxygen atoms in total. The van der Waals surface area contributed by atoms with Gasteiger partial charge in [-0.25, -0.2) is 4.68 Å². The molecule has 1 atom stereocenters. The number of nitrogens with one attached hydrogen (secondary N) is 1. The Kier molecular flexibility index (Phi) is 5.93. The zero-order chi connectivity index (χ0) is 16.8. The van der Waals surface area contributed by atoms with E-state index in [1.165, 1.54) is 0 Å². The van der Waals surface area contributed by atoms with Gasteiger partial charge in [-0.15, -0.1) is 0 Å². The number of carbonyl (C=O) groups is 1. The van der Waals surface area contributed by atoms with E-state index in [0.29, 0.717) is 12.1 Å². The van der Waals surface area contributed by atoms with Crippen LogP contribution in [0.5, 0.6) is 0 Å². The first kappa shape index (κ1) is 17.2. The van der Waals surface area contributed by atoms with Crippen LogP contribution in [0, 0.1) is 13.8 Å². The van der Waals surface area contributed by atoms with Gasteiger partial charge in [-0.3, -0.25) is 4.79 Å². The summed E-state index contributed by atoms with van der Waals surface area (Å²) in [6.07, 6.45) is 4.69. The Balaban J connectivity index is 2.18. The van der Waals surface area contributed by atoms with E-state index < -0.39 is 0 Å². The van der Waals surface area contributed by atoms with Crippen LogP contribution in [0.25, 0.3) is 5.69 Å². The summed E-state index contributed by atoms with van der Waals surface area (Å²) in [6, 6.07) is 8.01. The third-order valence-corrected chi connectivity index (χ3v) is 4.12. The average molecular weight is 314 g/mol. The third-order valence-electron chi connectivity index (χ3n) is 4.12. The first-order valence-corrected chi connectivity index (χ1v) is 8.20. The van der Waals surface area contributed by atoms with Gasteiger partial charge in [-0.05, 0) is 31.9 Å². The van der Waals surface area contributed by atoms with Crippen molar-refractivity contribution in [3.63, 3.8) is 0 Å². The Morgan fingerprint density at radius 2 is 2.09 bits per heavy atom. The Bertz CT molecular complexity index is 663. The smallest absolute Gasteiger partial charge is 0.255 e. The molecule has 23 heavy (non-hydrogen) atoms. The van der Waals surface area contributed by atoms with Crippen molar-refractivity contribution in [3.8, 4) is 5.69 Å². The van der Waals surface area contributed by atoms with Crippen molar-refractivity contribution >= 4 is 5.91 Å². The van der Waals surface area contributed by atoms with Gasteiger partial charge in [-0.2, -0.15) is 5.10 Å². The predicted molar refractivity (Wildman–Crippen MR) is 92.9 cm³/mol. The molecule has 0 spiro atoms. The van der Waals surface area contributed by atoms with Crippen LogP contribution in [0.3, 0.4) is 0 Å². The minimum atomic E-state index is -0.103. The molecule has 0 saturated carbocycles. The lowest BCUT2D eigenvalue weighted by atomic mass is 10.1. The second kappa shape index (κ2) is 7.92. The molecular formula is C18H26N4O. The van der Waals surface area contributed by atoms with Crippen LogP contribution in [0.15, 0.2) is 30.5 Å². The maximum absolute atomic E-state index is 12.5. The van der Waals surface area contributed by atoms with Crippen LogP contribution in [0.2, 0.25) is 0 Å². The van der Waals surface area contributed by atoms with E-state index in [1.807, 2.05) is 42.8 Å². The molecule has 1 aromatic heterocycles. The fourth-order valence-corrected chi connectivity index (χ4v) is 2.64. The minimum absolute atomic E-state index is 0.0173. The van der Waals surface area contributed by atoms with Gasteiger partial charge in [0.05, 0.1) is 23.1 Å². The molecule has 0 radical (unpaired) electrons. The summed E-state index contributed by atoms with van der Waals surface area (Å²) >= 11 is 0. The van der Waals surface area contributed by atoms with E-state index in [-0.39, 0.29) is 11.9 Å². The molecule has 2 aromatic rings. The van der Waals surface area contributed by atoms with Crippen LogP contribution in [-0.4, -0.2) is 28.3 Å². The number of aromatic nitrogens is 2. The summed E-state index contributed by atoms with van der Waals surface area (Å²) in [7, 11) is 0. The first-order chi connectivity index (χ1) is 11.1. The van der Waals surface area contributed by atoms with Gasteiger partial charge in [0, 0.05) is 12.6 Å². The number of unbranched alkanes of at least 4 members (excludes halogenated alkanes) is 1. The summed E-state index contributed by atoms with van der Waals surface area (Å²) in [5.74, 6) is -0.103. The van der Waals surface area contributed by atoms with Gasteiger partial charge in [0.25, 0.3) is 5.91 Å². The van der Waals surface area contributed by atoms with Crippen molar-refractivity contribution < 1.29 is 4.79 Å². The molecule has 0 bridgehead atoms. The maximum Gasteiger partial charge on any atom is 0.255 e.